The van der Waals surface area contributed by atoms with Crippen LogP contribution in [0.1, 0.15) is 25.2 Å². The van der Waals surface area contributed by atoms with Gasteiger partial charge < -0.3 is 20.4 Å². The molecule has 0 bridgehead atoms. The average Bonchev–Trinajstić information content (AvgIpc) is 3.15. The molecule has 3 heterocycles. The first kappa shape index (κ1) is 20.1. The molecule has 1 aliphatic heterocycles. The molecule has 2 aromatic rings. The Kier molecular flexibility index (Phi) is 7.18. The van der Waals surface area contributed by atoms with Crippen molar-refractivity contribution in [2.24, 2.45) is 12.0 Å². The summed E-state index contributed by atoms with van der Waals surface area (Å²) in [5.74, 6) is 2.67. The van der Waals surface area contributed by atoms with E-state index in [1.54, 1.807) is 11.0 Å². The normalized spacial score (nSPS) is 15.7. The third-order valence-electron chi connectivity index (χ3n) is 4.94. The van der Waals surface area contributed by atoms with Crippen LogP contribution in [0.2, 0.25) is 0 Å². The Balaban J connectivity index is 1.54. The molecule has 0 radical (unpaired) electrons. The molecular weight excluding hydrogens is 354 g/mol. The van der Waals surface area contributed by atoms with Crippen LogP contribution in [0.5, 0.6) is 0 Å². The molecule has 3 rings (SSSR count). The summed E-state index contributed by atoms with van der Waals surface area (Å²) >= 11 is 0. The third-order valence-corrected chi connectivity index (χ3v) is 4.94. The molecule has 9 heteroatoms. The van der Waals surface area contributed by atoms with Crippen LogP contribution in [0.4, 0.5) is 5.82 Å². The summed E-state index contributed by atoms with van der Waals surface area (Å²) in [5.41, 5.74) is 1.09. The number of hydrogen-bond donors (Lipinski definition) is 2. The largest absolute Gasteiger partial charge is 0.357 e. The predicted octanol–water partition coefficient (Wildman–Crippen LogP) is 0.607. The molecule has 0 atom stereocenters. The number of piperazine rings is 1. The van der Waals surface area contributed by atoms with Crippen molar-refractivity contribution in [2.75, 3.05) is 44.2 Å². The van der Waals surface area contributed by atoms with Gasteiger partial charge in [-0.15, -0.1) is 0 Å². The van der Waals surface area contributed by atoms with Gasteiger partial charge in [-0.05, 0) is 25.1 Å². The van der Waals surface area contributed by atoms with Crippen molar-refractivity contribution in [3.63, 3.8) is 0 Å². The molecule has 1 fully saturated rings. The number of aromatic nitrogens is 4. The molecule has 1 saturated heterocycles. The number of nitrogens with one attached hydrogen (secondary N) is 2. The van der Waals surface area contributed by atoms with Crippen molar-refractivity contribution < 1.29 is 0 Å². The minimum absolute atomic E-state index is 0.573. The Morgan fingerprint density at radius 2 is 1.93 bits per heavy atom. The molecule has 0 aromatic carbocycles. The fraction of sp³-hybridized carbons (Fsp3) is 0.579. The summed E-state index contributed by atoms with van der Waals surface area (Å²) < 4.78 is 1.75. The van der Waals surface area contributed by atoms with Gasteiger partial charge in [0, 0.05) is 46.0 Å². The molecule has 0 unspecified atom stereocenters. The quantitative estimate of drug-likeness (QED) is 0.533. The number of aliphatic imine (C=N–C) groups is 1. The molecule has 0 amide bonds. The summed E-state index contributed by atoms with van der Waals surface area (Å²) in [5, 5.41) is 10.6. The number of anilines is 1. The number of guanidine groups is 1. The lowest BCUT2D eigenvalue weighted by molar-refractivity contribution is 0.270. The Bertz CT molecular complexity index is 745. The molecule has 0 spiro atoms. The van der Waals surface area contributed by atoms with Crippen LogP contribution in [0.15, 0.2) is 29.6 Å². The highest BCUT2D eigenvalue weighted by Crippen LogP contribution is 2.14. The fourth-order valence-electron chi connectivity index (χ4n) is 3.15. The van der Waals surface area contributed by atoms with Crippen LogP contribution in [0.25, 0.3) is 0 Å². The molecular formula is C19H31N9. The Morgan fingerprint density at radius 1 is 1.11 bits per heavy atom. The van der Waals surface area contributed by atoms with E-state index in [1.165, 1.54) is 0 Å². The van der Waals surface area contributed by atoms with Crippen LogP contribution >= 0.6 is 0 Å². The number of pyridine rings is 1. The van der Waals surface area contributed by atoms with Crippen LogP contribution in [-0.2, 0) is 20.1 Å². The monoisotopic (exact) mass is 385 g/mol. The standard InChI is InChI=1S/C19H31N9/c1-4-20-19(23-14-18-24-15-25-26(18)3)22-13-16-6-7-17(21-12-16)28-10-8-27(5-2)9-11-28/h6-7,12,15H,4-5,8-11,13-14H2,1-3H3,(H2,20,22,23). The van der Waals surface area contributed by atoms with E-state index in [4.69, 9.17) is 0 Å². The topological polar surface area (TPSA) is 86.5 Å². The van der Waals surface area contributed by atoms with E-state index in [0.29, 0.717) is 13.1 Å². The zero-order valence-electron chi connectivity index (χ0n) is 17.1. The Morgan fingerprint density at radius 3 is 2.54 bits per heavy atom. The van der Waals surface area contributed by atoms with Gasteiger partial charge in [0.05, 0.1) is 13.1 Å². The van der Waals surface area contributed by atoms with E-state index in [1.807, 2.05) is 20.2 Å². The van der Waals surface area contributed by atoms with E-state index in [-0.39, 0.29) is 0 Å². The van der Waals surface area contributed by atoms with Gasteiger partial charge in [-0.3, -0.25) is 4.68 Å². The van der Waals surface area contributed by atoms with E-state index in [2.05, 4.69) is 59.5 Å². The second-order valence-electron chi connectivity index (χ2n) is 6.79. The SMILES string of the molecule is CCNC(=NCc1ccc(N2CCN(CC)CC2)nc1)NCc1ncnn1C. The van der Waals surface area contributed by atoms with Crippen LogP contribution in [0.3, 0.4) is 0 Å². The molecule has 2 aromatic heterocycles. The molecule has 0 saturated carbocycles. The predicted molar refractivity (Wildman–Crippen MR) is 111 cm³/mol. The van der Waals surface area contributed by atoms with E-state index < -0.39 is 0 Å². The lowest BCUT2D eigenvalue weighted by Crippen LogP contribution is -2.46. The summed E-state index contributed by atoms with van der Waals surface area (Å²) in [4.78, 5) is 18.3. The highest BCUT2D eigenvalue weighted by atomic mass is 15.3. The van der Waals surface area contributed by atoms with Gasteiger partial charge in [-0.25, -0.2) is 15.0 Å². The maximum absolute atomic E-state index is 4.65. The average molecular weight is 386 g/mol. The van der Waals surface area contributed by atoms with Gasteiger partial charge in [-0.2, -0.15) is 5.10 Å². The van der Waals surface area contributed by atoms with Crippen molar-refractivity contribution in [1.29, 1.82) is 0 Å². The number of likely N-dealkylation sites (N-methyl/N-ethyl adjacent to an activating group) is 1. The summed E-state index contributed by atoms with van der Waals surface area (Å²) in [7, 11) is 1.88. The van der Waals surface area contributed by atoms with Crippen LogP contribution in [-0.4, -0.2) is 69.9 Å². The van der Waals surface area contributed by atoms with Gasteiger partial charge in [0.15, 0.2) is 5.96 Å². The first-order valence-electron chi connectivity index (χ1n) is 9.96. The smallest absolute Gasteiger partial charge is 0.191 e. The third kappa shape index (κ3) is 5.41. The second-order valence-corrected chi connectivity index (χ2v) is 6.79. The van der Waals surface area contributed by atoms with Crippen LogP contribution in [0, 0.1) is 0 Å². The van der Waals surface area contributed by atoms with Crippen molar-refractivity contribution in [2.45, 2.75) is 26.9 Å². The van der Waals surface area contributed by atoms with Crippen molar-refractivity contribution in [3.8, 4) is 0 Å². The Hall–Kier alpha value is -2.68. The number of nitrogens with zero attached hydrogens (tertiary/aromatic N) is 7. The van der Waals surface area contributed by atoms with E-state index >= 15 is 0 Å². The minimum atomic E-state index is 0.573. The van der Waals surface area contributed by atoms with Crippen LogP contribution < -0.4 is 15.5 Å². The van der Waals surface area contributed by atoms with Gasteiger partial charge in [-0.1, -0.05) is 13.0 Å². The molecule has 9 nitrogen and oxygen atoms in total. The first-order chi connectivity index (χ1) is 13.7. The highest BCUT2D eigenvalue weighted by molar-refractivity contribution is 5.79. The minimum Gasteiger partial charge on any atom is -0.357 e. The zero-order valence-corrected chi connectivity index (χ0v) is 17.1. The summed E-state index contributed by atoms with van der Waals surface area (Å²) in [6, 6.07) is 4.22. The van der Waals surface area contributed by atoms with E-state index in [9.17, 15) is 0 Å². The van der Waals surface area contributed by atoms with Crippen molar-refractivity contribution >= 4 is 11.8 Å². The maximum atomic E-state index is 4.65. The summed E-state index contributed by atoms with van der Waals surface area (Å²) in [6.45, 7) is 11.6. The second kappa shape index (κ2) is 10.0. The van der Waals surface area contributed by atoms with Gasteiger partial charge >= 0.3 is 0 Å². The number of aryl methyl sites for hydroxylation is 1. The molecule has 152 valence electrons. The lowest BCUT2D eigenvalue weighted by atomic mass is 10.2. The van der Waals surface area contributed by atoms with E-state index in [0.717, 1.165) is 62.4 Å². The number of hydrogen-bond acceptors (Lipinski definition) is 6. The van der Waals surface area contributed by atoms with Gasteiger partial charge in [0.25, 0.3) is 0 Å². The first-order valence-corrected chi connectivity index (χ1v) is 9.96. The Labute approximate surface area is 166 Å². The number of rotatable bonds is 7. The molecule has 28 heavy (non-hydrogen) atoms. The fourth-order valence-corrected chi connectivity index (χ4v) is 3.15. The summed E-state index contributed by atoms with van der Waals surface area (Å²) in [6.07, 6.45) is 3.48. The zero-order chi connectivity index (χ0) is 19.8. The molecule has 0 aliphatic carbocycles. The van der Waals surface area contributed by atoms with Crippen molar-refractivity contribution in [3.05, 3.63) is 36.0 Å². The molecule has 2 N–H and O–H groups in total. The van der Waals surface area contributed by atoms with Gasteiger partial charge in [0.1, 0.15) is 18.0 Å². The lowest BCUT2D eigenvalue weighted by Gasteiger charge is -2.34. The molecule has 1 aliphatic rings. The van der Waals surface area contributed by atoms with Crippen molar-refractivity contribution in [1.82, 2.24) is 35.3 Å². The highest BCUT2D eigenvalue weighted by Gasteiger charge is 2.16. The maximum Gasteiger partial charge on any atom is 0.191 e. The van der Waals surface area contributed by atoms with Gasteiger partial charge in [0.2, 0.25) is 0 Å².